The van der Waals surface area contributed by atoms with Gasteiger partial charge in [-0.1, -0.05) is 36.0 Å². The molecule has 4 aromatic rings. The highest BCUT2D eigenvalue weighted by Crippen LogP contribution is 2.30. The number of fused-ring (bicyclic) bond motifs is 1. The van der Waals surface area contributed by atoms with Crippen molar-refractivity contribution in [3.05, 3.63) is 82.1 Å². The molecule has 7 nitrogen and oxygen atoms in total. The fourth-order valence-corrected chi connectivity index (χ4v) is 4.43. The number of carbonyl (C=O) groups is 1. The van der Waals surface area contributed by atoms with Crippen LogP contribution in [-0.2, 0) is 4.79 Å². The summed E-state index contributed by atoms with van der Waals surface area (Å²) in [5, 5.41) is 3.83. The van der Waals surface area contributed by atoms with Gasteiger partial charge in [0.15, 0.2) is 5.16 Å². The Labute approximate surface area is 201 Å². The third-order valence-corrected chi connectivity index (χ3v) is 6.51. The molecule has 0 atom stereocenters. The van der Waals surface area contributed by atoms with Crippen LogP contribution >= 0.6 is 11.8 Å². The SMILES string of the molecule is COc1ccc(OC)c(NC(=O)CSc2nc3ccccc3c(=O)n2-c2cccc(C)c2C)c1. The number of methoxy groups -OCH3 is 2. The fourth-order valence-electron chi connectivity index (χ4n) is 3.63. The minimum atomic E-state index is -0.258. The highest BCUT2D eigenvalue weighted by molar-refractivity contribution is 7.99. The molecule has 0 spiro atoms. The predicted octanol–water partition coefficient (Wildman–Crippen LogP) is 4.75. The minimum absolute atomic E-state index is 0.0516. The zero-order chi connectivity index (χ0) is 24.2. The van der Waals surface area contributed by atoms with Gasteiger partial charge >= 0.3 is 0 Å². The number of hydrogen-bond donors (Lipinski definition) is 1. The summed E-state index contributed by atoms with van der Waals surface area (Å²) in [5.41, 5.74) is 3.72. The van der Waals surface area contributed by atoms with Crippen molar-refractivity contribution < 1.29 is 14.3 Å². The molecule has 0 fully saturated rings. The number of nitrogens with zero attached hydrogens (tertiary/aromatic N) is 2. The van der Waals surface area contributed by atoms with Crippen molar-refractivity contribution in [1.82, 2.24) is 9.55 Å². The standard InChI is InChI=1S/C26H25N3O4S/c1-16-8-7-11-22(17(16)2)29-25(31)19-9-5-6-10-20(19)28-26(29)34-15-24(30)27-21-14-18(32-3)12-13-23(21)33-4/h5-14H,15H2,1-4H3,(H,27,30). The van der Waals surface area contributed by atoms with E-state index in [1.165, 1.54) is 18.9 Å². The molecule has 8 heteroatoms. The molecule has 0 bridgehead atoms. The maximum atomic E-state index is 13.5. The molecule has 0 aliphatic carbocycles. The predicted molar refractivity (Wildman–Crippen MR) is 136 cm³/mol. The average Bonchev–Trinajstić information content (AvgIpc) is 2.85. The molecule has 0 aliphatic rings. The maximum absolute atomic E-state index is 13.5. The van der Waals surface area contributed by atoms with Gasteiger partial charge in [0.05, 0.1) is 42.3 Å². The first-order valence-electron chi connectivity index (χ1n) is 10.7. The third kappa shape index (κ3) is 4.63. The molecule has 1 heterocycles. The van der Waals surface area contributed by atoms with Gasteiger partial charge in [0.1, 0.15) is 11.5 Å². The molecule has 1 amide bonds. The Balaban J connectivity index is 1.69. The quantitative estimate of drug-likeness (QED) is 0.307. The molecule has 174 valence electrons. The zero-order valence-corrected chi connectivity index (χ0v) is 20.2. The number of thioether (sulfide) groups is 1. The van der Waals surface area contributed by atoms with Crippen molar-refractivity contribution in [2.45, 2.75) is 19.0 Å². The topological polar surface area (TPSA) is 82.5 Å². The normalized spacial score (nSPS) is 10.8. The second-order valence-corrected chi connectivity index (χ2v) is 8.62. The first-order valence-corrected chi connectivity index (χ1v) is 11.6. The summed E-state index contributed by atoms with van der Waals surface area (Å²) >= 11 is 1.20. The van der Waals surface area contributed by atoms with Gasteiger partial charge in [-0.15, -0.1) is 0 Å². The van der Waals surface area contributed by atoms with Crippen LogP contribution in [0.3, 0.4) is 0 Å². The Morgan fingerprint density at radius 1 is 1.03 bits per heavy atom. The van der Waals surface area contributed by atoms with E-state index in [9.17, 15) is 9.59 Å². The molecule has 1 N–H and O–H groups in total. The van der Waals surface area contributed by atoms with E-state index in [4.69, 9.17) is 14.5 Å². The Kier molecular flexibility index (Phi) is 6.88. The number of rotatable bonds is 7. The maximum Gasteiger partial charge on any atom is 0.266 e. The van der Waals surface area contributed by atoms with Crippen molar-refractivity contribution in [3.63, 3.8) is 0 Å². The second kappa shape index (κ2) is 10.0. The Hall–Kier alpha value is -3.78. The van der Waals surface area contributed by atoms with Crippen LogP contribution in [0, 0.1) is 13.8 Å². The lowest BCUT2D eigenvalue weighted by atomic mass is 10.1. The molecule has 34 heavy (non-hydrogen) atoms. The molecular formula is C26H25N3O4S. The summed E-state index contributed by atoms with van der Waals surface area (Å²) in [6.45, 7) is 3.97. The van der Waals surface area contributed by atoms with Crippen LogP contribution < -0.4 is 20.3 Å². The number of hydrogen-bond acceptors (Lipinski definition) is 6. The largest absolute Gasteiger partial charge is 0.497 e. The summed E-state index contributed by atoms with van der Waals surface area (Å²) in [5.74, 6) is 0.918. The van der Waals surface area contributed by atoms with Crippen molar-refractivity contribution >= 4 is 34.3 Å². The van der Waals surface area contributed by atoms with Crippen LogP contribution in [0.25, 0.3) is 16.6 Å². The number of amides is 1. The van der Waals surface area contributed by atoms with Crippen LogP contribution in [0.4, 0.5) is 5.69 Å². The van der Waals surface area contributed by atoms with Crippen molar-refractivity contribution in [2.75, 3.05) is 25.3 Å². The molecule has 3 aromatic carbocycles. The summed E-state index contributed by atoms with van der Waals surface area (Å²) < 4.78 is 12.2. The van der Waals surface area contributed by atoms with E-state index in [2.05, 4.69) is 5.32 Å². The van der Waals surface area contributed by atoms with Gasteiger partial charge in [0.25, 0.3) is 5.56 Å². The van der Waals surface area contributed by atoms with Crippen molar-refractivity contribution in [3.8, 4) is 17.2 Å². The summed E-state index contributed by atoms with van der Waals surface area (Å²) in [7, 11) is 3.09. The van der Waals surface area contributed by atoms with Gasteiger partial charge in [0, 0.05) is 6.07 Å². The van der Waals surface area contributed by atoms with E-state index in [1.807, 2.05) is 44.2 Å². The Bertz CT molecular complexity index is 1430. The molecule has 4 rings (SSSR count). The third-order valence-electron chi connectivity index (χ3n) is 5.57. The number of anilines is 1. The van der Waals surface area contributed by atoms with Crippen LogP contribution in [-0.4, -0.2) is 35.4 Å². The number of ether oxygens (including phenoxy) is 2. The lowest BCUT2D eigenvalue weighted by Gasteiger charge is -2.16. The van der Waals surface area contributed by atoms with Crippen molar-refractivity contribution in [2.24, 2.45) is 0 Å². The zero-order valence-electron chi connectivity index (χ0n) is 19.4. The van der Waals surface area contributed by atoms with Crippen LogP contribution in [0.1, 0.15) is 11.1 Å². The smallest absolute Gasteiger partial charge is 0.266 e. The van der Waals surface area contributed by atoms with Crippen LogP contribution in [0.5, 0.6) is 11.5 Å². The van der Waals surface area contributed by atoms with E-state index in [0.29, 0.717) is 33.2 Å². The lowest BCUT2D eigenvalue weighted by Crippen LogP contribution is -2.23. The highest BCUT2D eigenvalue weighted by atomic mass is 32.2. The van der Waals surface area contributed by atoms with Gasteiger partial charge in [-0.2, -0.15) is 0 Å². The van der Waals surface area contributed by atoms with Crippen LogP contribution in [0.2, 0.25) is 0 Å². The van der Waals surface area contributed by atoms with Crippen LogP contribution in [0.15, 0.2) is 70.6 Å². The monoisotopic (exact) mass is 475 g/mol. The Morgan fingerprint density at radius 2 is 1.82 bits per heavy atom. The number of para-hydroxylation sites is 1. The number of nitrogens with one attached hydrogen (secondary N) is 1. The van der Waals surface area contributed by atoms with Gasteiger partial charge in [0.2, 0.25) is 5.91 Å². The number of carbonyl (C=O) groups excluding carboxylic acids is 1. The molecule has 0 saturated carbocycles. The first-order chi connectivity index (χ1) is 16.4. The lowest BCUT2D eigenvalue weighted by molar-refractivity contribution is -0.113. The van der Waals surface area contributed by atoms with E-state index in [-0.39, 0.29) is 17.2 Å². The molecule has 0 unspecified atom stereocenters. The number of benzene rings is 3. The van der Waals surface area contributed by atoms with E-state index in [1.54, 1.807) is 42.0 Å². The summed E-state index contributed by atoms with van der Waals surface area (Å²) in [6, 6.07) is 18.2. The van der Waals surface area contributed by atoms with Gasteiger partial charge in [-0.3, -0.25) is 14.2 Å². The molecule has 0 radical (unpaired) electrons. The fraction of sp³-hybridized carbons (Fsp3) is 0.192. The summed E-state index contributed by atoms with van der Waals surface area (Å²) in [4.78, 5) is 31.0. The highest BCUT2D eigenvalue weighted by Gasteiger charge is 2.17. The first kappa shape index (κ1) is 23.4. The summed E-state index contributed by atoms with van der Waals surface area (Å²) in [6.07, 6.45) is 0. The molecule has 0 aliphatic heterocycles. The average molecular weight is 476 g/mol. The second-order valence-electron chi connectivity index (χ2n) is 7.67. The van der Waals surface area contributed by atoms with Gasteiger partial charge in [-0.25, -0.2) is 4.98 Å². The van der Waals surface area contributed by atoms with Gasteiger partial charge < -0.3 is 14.8 Å². The minimum Gasteiger partial charge on any atom is -0.497 e. The number of aromatic nitrogens is 2. The van der Waals surface area contributed by atoms with E-state index >= 15 is 0 Å². The number of aryl methyl sites for hydroxylation is 1. The van der Waals surface area contributed by atoms with Gasteiger partial charge in [-0.05, 0) is 55.3 Å². The molecule has 1 aromatic heterocycles. The Morgan fingerprint density at radius 3 is 2.59 bits per heavy atom. The van der Waals surface area contributed by atoms with Crippen molar-refractivity contribution in [1.29, 1.82) is 0 Å². The molecule has 0 saturated heterocycles. The van der Waals surface area contributed by atoms with E-state index in [0.717, 1.165) is 16.8 Å². The molecular weight excluding hydrogens is 450 g/mol. The van der Waals surface area contributed by atoms with E-state index < -0.39 is 0 Å².